The number of aromatic nitrogens is 4. The third-order valence-electron chi connectivity index (χ3n) is 4.40. The van der Waals surface area contributed by atoms with Gasteiger partial charge in [0.1, 0.15) is 29.0 Å². The summed E-state index contributed by atoms with van der Waals surface area (Å²) in [6.07, 6.45) is 0.760. The first-order chi connectivity index (χ1) is 13.7. The van der Waals surface area contributed by atoms with Gasteiger partial charge in [-0.3, -0.25) is 14.2 Å². The molecule has 0 aliphatic heterocycles. The molecule has 0 aliphatic carbocycles. The van der Waals surface area contributed by atoms with Crippen LogP contribution in [-0.2, 0) is 6.54 Å². The van der Waals surface area contributed by atoms with Gasteiger partial charge in [0.2, 0.25) is 0 Å². The van der Waals surface area contributed by atoms with Crippen LogP contribution in [-0.4, -0.2) is 30.6 Å². The number of rotatable bonds is 6. The van der Waals surface area contributed by atoms with E-state index in [0.29, 0.717) is 17.9 Å². The molecule has 0 spiro atoms. The highest BCUT2D eigenvalue weighted by Crippen LogP contribution is 2.24. The average molecular weight is 400 g/mol. The molecule has 150 valence electrons. The molecule has 2 aromatic heterocycles. The number of halogens is 2. The molecule has 0 saturated carbocycles. The molecule has 1 unspecified atom stereocenters. The Hall–Kier alpha value is -3.58. The van der Waals surface area contributed by atoms with Crippen molar-refractivity contribution in [2.75, 3.05) is 0 Å². The number of carbonyl (C=O) groups excluding carboxylic acids is 1. The summed E-state index contributed by atoms with van der Waals surface area (Å²) < 4.78 is 30.7. The number of carbonyl (C=O) groups is 1. The number of primary amides is 1. The van der Waals surface area contributed by atoms with Crippen molar-refractivity contribution in [1.29, 1.82) is 5.26 Å². The van der Waals surface area contributed by atoms with E-state index in [1.54, 1.807) is 23.9 Å². The summed E-state index contributed by atoms with van der Waals surface area (Å²) in [4.78, 5) is 11.4. The van der Waals surface area contributed by atoms with Crippen molar-refractivity contribution in [2.45, 2.75) is 32.5 Å². The monoisotopic (exact) mass is 400 g/mol. The lowest BCUT2D eigenvalue weighted by Gasteiger charge is -2.17. The van der Waals surface area contributed by atoms with Crippen LogP contribution in [0.2, 0.25) is 0 Å². The molecule has 2 heterocycles. The van der Waals surface area contributed by atoms with Crippen molar-refractivity contribution < 1.29 is 18.7 Å². The number of aliphatic hydroxyl groups excluding tert-OH is 1. The molecule has 10 heteroatoms. The van der Waals surface area contributed by atoms with E-state index < -0.39 is 29.2 Å². The number of nitrogens with two attached hydrogens (primary N) is 1. The van der Waals surface area contributed by atoms with E-state index in [9.17, 15) is 18.7 Å². The van der Waals surface area contributed by atoms with E-state index in [4.69, 9.17) is 11.0 Å². The standard InChI is InChI=1S/C19H18F2N6O2/c1-10(27-18(11(2)28)7-17(25-27)19(23)29)9-26-4-3-16(24-26)12-5-14(20)13(8-22)15(21)6-12/h3-7,10-11,28H,9H2,1-2H3,(H2,23,29)/t10-,11?/m0/s1. The highest BCUT2D eigenvalue weighted by Gasteiger charge is 2.20. The highest BCUT2D eigenvalue weighted by atomic mass is 19.1. The van der Waals surface area contributed by atoms with Crippen LogP contribution in [0.5, 0.6) is 0 Å². The first-order valence-electron chi connectivity index (χ1n) is 8.71. The van der Waals surface area contributed by atoms with Gasteiger partial charge in [0.25, 0.3) is 5.91 Å². The van der Waals surface area contributed by atoms with Crippen LogP contribution in [0.3, 0.4) is 0 Å². The summed E-state index contributed by atoms with van der Waals surface area (Å²) >= 11 is 0. The minimum Gasteiger partial charge on any atom is -0.387 e. The van der Waals surface area contributed by atoms with Crippen molar-refractivity contribution in [3.05, 3.63) is 59.0 Å². The molecule has 1 amide bonds. The Morgan fingerprint density at radius 3 is 2.48 bits per heavy atom. The van der Waals surface area contributed by atoms with E-state index >= 15 is 0 Å². The second-order valence-corrected chi connectivity index (χ2v) is 6.64. The fourth-order valence-corrected chi connectivity index (χ4v) is 2.99. The zero-order valence-electron chi connectivity index (χ0n) is 15.7. The molecule has 8 nitrogen and oxygen atoms in total. The zero-order chi connectivity index (χ0) is 21.3. The van der Waals surface area contributed by atoms with Gasteiger partial charge in [-0.05, 0) is 38.1 Å². The van der Waals surface area contributed by atoms with Crippen molar-refractivity contribution >= 4 is 5.91 Å². The third kappa shape index (κ3) is 4.00. The molecule has 1 aromatic carbocycles. The molecular formula is C19H18F2N6O2. The van der Waals surface area contributed by atoms with Gasteiger partial charge in [-0.2, -0.15) is 15.5 Å². The van der Waals surface area contributed by atoms with Crippen LogP contribution in [0.25, 0.3) is 11.3 Å². The molecule has 0 aliphatic rings. The Morgan fingerprint density at radius 2 is 1.93 bits per heavy atom. The minimum absolute atomic E-state index is 0.0393. The normalized spacial score (nSPS) is 13.1. The van der Waals surface area contributed by atoms with Crippen molar-refractivity contribution in [2.24, 2.45) is 5.73 Å². The van der Waals surface area contributed by atoms with Gasteiger partial charge in [0, 0.05) is 11.8 Å². The van der Waals surface area contributed by atoms with Gasteiger partial charge in [0.15, 0.2) is 0 Å². The second kappa shape index (κ2) is 7.81. The predicted molar refractivity (Wildman–Crippen MR) is 98.4 cm³/mol. The Balaban J connectivity index is 1.86. The highest BCUT2D eigenvalue weighted by molar-refractivity contribution is 5.90. The van der Waals surface area contributed by atoms with Gasteiger partial charge in [-0.15, -0.1) is 0 Å². The summed E-state index contributed by atoms with van der Waals surface area (Å²) in [6, 6.07) is 6.28. The first kappa shape index (κ1) is 20.2. The number of nitrogens with zero attached hydrogens (tertiary/aromatic N) is 5. The SMILES string of the molecule is CC(O)c1cc(C(N)=O)nn1[C@@H](C)Cn1ccc(-c2cc(F)c(C#N)c(F)c2)n1. The molecule has 0 bridgehead atoms. The fourth-order valence-electron chi connectivity index (χ4n) is 2.99. The van der Waals surface area contributed by atoms with Crippen LogP contribution >= 0.6 is 0 Å². The van der Waals surface area contributed by atoms with E-state index in [1.807, 2.05) is 6.92 Å². The van der Waals surface area contributed by atoms with E-state index in [1.165, 1.54) is 16.8 Å². The molecule has 0 radical (unpaired) electrons. The largest absolute Gasteiger partial charge is 0.387 e. The molecular weight excluding hydrogens is 382 g/mol. The minimum atomic E-state index is -0.956. The van der Waals surface area contributed by atoms with Gasteiger partial charge in [-0.1, -0.05) is 0 Å². The maximum atomic E-state index is 13.9. The summed E-state index contributed by atoms with van der Waals surface area (Å²) in [7, 11) is 0. The quantitative estimate of drug-likeness (QED) is 0.657. The van der Waals surface area contributed by atoms with E-state index in [-0.39, 0.29) is 17.3 Å². The molecule has 0 saturated heterocycles. The van der Waals surface area contributed by atoms with Crippen molar-refractivity contribution in [1.82, 2.24) is 19.6 Å². The maximum absolute atomic E-state index is 13.9. The van der Waals surface area contributed by atoms with E-state index in [2.05, 4.69) is 10.2 Å². The molecule has 3 aromatic rings. The fraction of sp³-hybridized carbons (Fsp3) is 0.263. The molecule has 2 atom stereocenters. The van der Waals surface area contributed by atoms with Gasteiger partial charge in [-0.25, -0.2) is 8.78 Å². The summed E-state index contributed by atoms with van der Waals surface area (Å²) in [5.41, 5.74) is 5.62. The number of hydrogen-bond acceptors (Lipinski definition) is 5. The smallest absolute Gasteiger partial charge is 0.269 e. The third-order valence-corrected chi connectivity index (χ3v) is 4.40. The van der Waals surface area contributed by atoms with Crippen LogP contribution in [0, 0.1) is 23.0 Å². The lowest BCUT2D eigenvalue weighted by molar-refractivity contribution is 0.0994. The van der Waals surface area contributed by atoms with Crippen LogP contribution < -0.4 is 5.73 Å². The molecule has 29 heavy (non-hydrogen) atoms. The van der Waals surface area contributed by atoms with Crippen LogP contribution in [0.1, 0.15) is 47.7 Å². The van der Waals surface area contributed by atoms with Crippen LogP contribution in [0.15, 0.2) is 30.5 Å². The van der Waals surface area contributed by atoms with Gasteiger partial charge in [0.05, 0.1) is 30.1 Å². The van der Waals surface area contributed by atoms with Gasteiger partial charge < -0.3 is 10.8 Å². The lowest BCUT2D eigenvalue weighted by atomic mass is 10.1. The summed E-state index contributed by atoms with van der Waals surface area (Å²) in [6.45, 7) is 3.66. The van der Waals surface area contributed by atoms with E-state index in [0.717, 1.165) is 12.1 Å². The number of nitriles is 1. The Morgan fingerprint density at radius 1 is 1.28 bits per heavy atom. The number of aliphatic hydroxyl groups is 1. The maximum Gasteiger partial charge on any atom is 0.269 e. The second-order valence-electron chi connectivity index (χ2n) is 6.64. The molecule has 3 rings (SSSR count). The van der Waals surface area contributed by atoms with Crippen LogP contribution in [0.4, 0.5) is 8.78 Å². The van der Waals surface area contributed by atoms with Gasteiger partial charge >= 0.3 is 0 Å². The molecule has 3 N–H and O–H groups in total. The lowest BCUT2D eigenvalue weighted by Crippen LogP contribution is -2.19. The van der Waals surface area contributed by atoms with Crippen molar-refractivity contribution in [3.8, 4) is 17.3 Å². The Labute approximate surface area is 164 Å². The number of amides is 1. The Bertz CT molecular complexity index is 1090. The average Bonchev–Trinajstić information content (AvgIpc) is 3.28. The topological polar surface area (TPSA) is 123 Å². The Kier molecular flexibility index (Phi) is 5.43. The molecule has 0 fully saturated rings. The predicted octanol–water partition coefficient (Wildman–Crippen LogP) is 2.31. The summed E-state index contributed by atoms with van der Waals surface area (Å²) in [5, 5.41) is 27.1. The number of benzene rings is 1. The van der Waals surface area contributed by atoms with Crippen molar-refractivity contribution in [3.63, 3.8) is 0 Å². The summed E-state index contributed by atoms with van der Waals surface area (Å²) in [5.74, 6) is -2.62. The first-order valence-corrected chi connectivity index (χ1v) is 8.71. The zero-order valence-corrected chi connectivity index (χ0v) is 15.7. The number of hydrogen-bond donors (Lipinski definition) is 2.